The molecule has 0 N–H and O–H groups in total. The predicted molar refractivity (Wildman–Crippen MR) is 118 cm³/mol. The second kappa shape index (κ2) is 8.89. The number of carbonyl (C=O) groups excluding carboxylic acids is 1. The van der Waals surface area contributed by atoms with Gasteiger partial charge in [0.1, 0.15) is 30.1 Å². The van der Waals surface area contributed by atoms with Crippen LogP contribution in [0.3, 0.4) is 0 Å². The van der Waals surface area contributed by atoms with Crippen molar-refractivity contribution in [2.75, 3.05) is 72.4 Å². The normalized spacial score (nSPS) is 27.2. The van der Waals surface area contributed by atoms with Gasteiger partial charge < -0.3 is 38.1 Å². The van der Waals surface area contributed by atoms with Gasteiger partial charge in [0.2, 0.25) is 5.91 Å². The molecule has 1 aliphatic carbocycles. The molecular weight excluding hydrogens is 430 g/mol. The van der Waals surface area contributed by atoms with Crippen LogP contribution in [0.2, 0.25) is 0 Å². The van der Waals surface area contributed by atoms with E-state index in [2.05, 4.69) is 0 Å². The van der Waals surface area contributed by atoms with Gasteiger partial charge in [-0.05, 0) is 12.2 Å². The van der Waals surface area contributed by atoms with Crippen molar-refractivity contribution >= 4 is 11.6 Å². The standard InChI is InChI=1S/C24H29NO8/c1-27-6-7-30-5-4-25-17-10-15(28-2)11-21(29-3)22(17)24(23(25)26)14-33-18-13-20-19(12-16(18)24)31-8-9-32-20/h10-13,16,18H,4-9,14H2,1-3H3. The molecule has 2 fully saturated rings. The second-order valence-electron chi connectivity index (χ2n) is 8.32. The van der Waals surface area contributed by atoms with Crippen LogP contribution >= 0.6 is 0 Å². The van der Waals surface area contributed by atoms with E-state index in [0.29, 0.717) is 62.6 Å². The number of methoxy groups -OCH3 is 3. The molecule has 0 saturated carbocycles. The molecule has 4 aliphatic rings. The van der Waals surface area contributed by atoms with Gasteiger partial charge in [0, 0.05) is 37.3 Å². The van der Waals surface area contributed by atoms with E-state index in [4.69, 9.17) is 33.2 Å². The first-order chi connectivity index (χ1) is 16.1. The second-order valence-corrected chi connectivity index (χ2v) is 8.32. The highest BCUT2D eigenvalue weighted by Crippen LogP contribution is 2.57. The Kier molecular flexibility index (Phi) is 5.94. The van der Waals surface area contributed by atoms with E-state index in [0.717, 1.165) is 11.3 Å². The van der Waals surface area contributed by atoms with E-state index in [1.54, 1.807) is 26.2 Å². The molecule has 2 saturated heterocycles. The van der Waals surface area contributed by atoms with E-state index in [1.807, 2.05) is 24.3 Å². The third-order valence-electron chi connectivity index (χ3n) is 6.68. The molecule has 1 aromatic carbocycles. The lowest BCUT2D eigenvalue weighted by molar-refractivity contribution is -0.124. The van der Waals surface area contributed by atoms with Crippen molar-refractivity contribution in [2.45, 2.75) is 11.5 Å². The van der Waals surface area contributed by atoms with E-state index in [1.165, 1.54) is 0 Å². The first-order valence-corrected chi connectivity index (χ1v) is 11.1. The third-order valence-corrected chi connectivity index (χ3v) is 6.68. The number of ether oxygens (including phenoxy) is 7. The highest BCUT2D eigenvalue weighted by Gasteiger charge is 2.63. The molecule has 1 aromatic rings. The average Bonchev–Trinajstić information content (AvgIpc) is 3.33. The summed E-state index contributed by atoms with van der Waals surface area (Å²) in [6.07, 6.45) is 3.61. The molecule has 0 bridgehead atoms. The van der Waals surface area contributed by atoms with Crippen molar-refractivity contribution in [3.8, 4) is 11.5 Å². The number of benzene rings is 1. The van der Waals surface area contributed by atoms with Gasteiger partial charge in [0.25, 0.3) is 0 Å². The van der Waals surface area contributed by atoms with Crippen molar-refractivity contribution in [2.24, 2.45) is 5.92 Å². The molecule has 3 atom stereocenters. The molecule has 9 heteroatoms. The minimum Gasteiger partial charge on any atom is -0.497 e. The minimum atomic E-state index is -0.944. The van der Waals surface area contributed by atoms with Crippen LogP contribution in [0, 0.1) is 5.92 Å². The summed E-state index contributed by atoms with van der Waals surface area (Å²) in [6, 6.07) is 3.70. The van der Waals surface area contributed by atoms with Crippen LogP contribution in [0.5, 0.6) is 11.5 Å². The van der Waals surface area contributed by atoms with Crippen LogP contribution in [-0.2, 0) is 33.9 Å². The number of amides is 1. The van der Waals surface area contributed by atoms with Crippen LogP contribution < -0.4 is 14.4 Å². The summed E-state index contributed by atoms with van der Waals surface area (Å²) in [6.45, 7) is 2.93. The van der Waals surface area contributed by atoms with Gasteiger partial charge in [0.05, 0.1) is 52.4 Å². The summed E-state index contributed by atoms with van der Waals surface area (Å²) in [5, 5.41) is 0. The zero-order valence-electron chi connectivity index (χ0n) is 19.1. The predicted octanol–water partition coefficient (Wildman–Crippen LogP) is 1.79. The molecule has 178 valence electrons. The maximum atomic E-state index is 14.1. The van der Waals surface area contributed by atoms with Gasteiger partial charge in [0.15, 0.2) is 11.5 Å². The summed E-state index contributed by atoms with van der Waals surface area (Å²) in [4.78, 5) is 15.9. The lowest BCUT2D eigenvalue weighted by Crippen LogP contribution is -2.47. The Hall–Kier alpha value is -2.75. The zero-order valence-corrected chi connectivity index (χ0v) is 19.1. The summed E-state index contributed by atoms with van der Waals surface area (Å²) < 4.78 is 39.8. The Bertz CT molecular complexity index is 989. The Balaban J connectivity index is 1.56. The number of fused-ring (bicyclic) bond motifs is 5. The van der Waals surface area contributed by atoms with Crippen LogP contribution in [0.4, 0.5) is 5.69 Å². The highest BCUT2D eigenvalue weighted by atomic mass is 16.6. The molecule has 9 nitrogen and oxygen atoms in total. The smallest absolute Gasteiger partial charge is 0.241 e. The number of nitrogens with zero attached hydrogens (tertiary/aromatic N) is 1. The number of rotatable bonds is 8. The van der Waals surface area contributed by atoms with Crippen molar-refractivity contribution in [1.82, 2.24) is 0 Å². The topological polar surface area (TPSA) is 84.9 Å². The maximum absolute atomic E-state index is 14.1. The molecule has 3 aliphatic heterocycles. The van der Waals surface area contributed by atoms with Crippen molar-refractivity contribution < 1.29 is 38.0 Å². The van der Waals surface area contributed by atoms with E-state index >= 15 is 0 Å². The van der Waals surface area contributed by atoms with Gasteiger partial charge in [-0.15, -0.1) is 0 Å². The maximum Gasteiger partial charge on any atom is 0.241 e. The Morgan fingerprint density at radius 3 is 2.55 bits per heavy atom. The molecule has 5 rings (SSSR count). The monoisotopic (exact) mass is 459 g/mol. The number of carbonyl (C=O) groups is 1. The first kappa shape index (κ1) is 22.1. The fourth-order valence-electron chi connectivity index (χ4n) is 5.15. The average molecular weight is 459 g/mol. The third kappa shape index (κ3) is 3.46. The molecule has 1 amide bonds. The van der Waals surface area contributed by atoms with Crippen molar-refractivity contribution in [3.05, 3.63) is 41.4 Å². The fourth-order valence-corrected chi connectivity index (χ4v) is 5.15. The number of hydrogen-bond acceptors (Lipinski definition) is 8. The molecule has 33 heavy (non-hydrogen) atoms. The van der Waals surface area contributed by atoms with Crippen LogP contribution in [0.1, 0.15) is 5.56 Å². The Morgan fingerprint density at radius 1 is 1.03 bits per heavy atom. The van der Waals surface area contributed by atoms with Gasteiger partial charge >= 0.3 is 0 Å². The Labute approximate surface area is 192 Å². The van der Waals surface area contributed by atoms with Gasteiger partial charge in [-0.1, -0.05) is 0 Å². The van der Waals surface area contributed by atoms with Crippen molar-refractivity contribution in [1.29, 1.82) is 0 Å². The lowest BCUT2D eigenvalue weighted by atomic mass is 9.69. The number of hydrogen-bond donors (Lipinski definition) is 0. The summed E-state index contributed by atoms with van der Waals surface area (Å²) in [5.74, 6) is 2.25. The summed E-state index contributed by atoms with van der Waals surface area (Å²) >= 11 is 0. The number of anilines is 1. The van der Waals surface area contributed by atoms with Crippen LogP contribution in [-0.4, -0.2) is 79.5 Å². The first-order valence-electron chi connectivity index (χ1n) is 11.1. The molecule has 3 heterocycles. The minimum absolute atomic E-state index is 0.0441. The Morgan fingerprint density at radius 2 is 1.82 bits per heavy atom. The molecule has 3 unspecified atom stereocenters. The van der Waals surface area contributed by atoms with Gasteiger partial charge in [-0.2, -0.15) is 0 Å². The van der Waals surface area contributed by atoms with Gasteiger partial charge in [-0.3, -0.25) is 4.79 Å². The molecule has 1 spiro atoms. The van der Waals surface area contributed by atoms with E-state index in [-0.39, 0.29) is 24.5 Å². The van der Waals surface area contributed by atoms with Crippen molar-refractivity contribution in [3.63, 3.8) is 0 Å². The largest absolute Gasteiger partial charge is 0.497 e. The SMILES string of the molecule is COCCOCCN1C(=O)C2(COC3C=C4OCCOC4=CC32)c2c(OC)cc(OC)cc21. The summed E-state index contributed by atoms with van der Waals surface area (Å²) in [5.41, 5.74) is 0.621. The zero-order chi connectivity index (χ0) is 23.0. The van der Waals surface area contributed by atoms with Crippen LogP contribution in [0.15, 0.2) is 35.8 Å². The summed E-state index contributed by atoms with van der Waals surface area (Å²) in [7, 11) is 4.83. The van der Waals surface area contributed by atoms with Gasteiger partial charge in [-0.25, -0.2) is 0 Å². The molecular formula is C24H29NO8. The van der Waals surface area contributed by atoms with E-state index in [9.17, 15) is 4.79 Å². The highest BCUT2D eigenvalue weighted by molar-refractivity contribution is 6.10. The van der Waals surface area contributed by atoms with E-state index < -0.39 is 5.41 Å². The quantitative estimate of drug-likeness (QED) is 0.544. The molecule has 0 aromatic heterocycles. The lowest BCUT2D eigenvalue weighted by Gasteiger charge is -2.33. The van der Waals surface area contributed by atoms with Crippen LogP contribution in [0.25, 0.3) is 0 Å². The molecule has 0 radical (unpaired) electrons. The fraction of sp³-hybridized carbons (Fsp3) is 0.542.